The van der Waals surface area contributed by atoms with Crippen molar-refractivity contribution in [2.75, 3.05) is 17.7 Å². The molecule has 1 heterocycles. The average molecular weight is 352 g/mol. The molecule has 1 aromatic carbocycles. The van der Waals surface area contributed by atoms with Crippen LogP contribution < -0.4 is 11.5 Å². The first-order valence-corrected chi connectivity index (χ1v) is 9.70. The Bertz CT molecular complexity index is 849. The van der Waals surface area contributed by atoms with Crippen molar-refractivity contribution in [3.63, 3.8) is 0 Å². The van der Waals surface area contributed by atoms with Gasteiger partial charge in [-0.25, -0.2) is 13.4 Å². The number of sulfone groups is 1. The van der Waals surface area contributed by atoms with Crippen LogP contribution in [-0.2, 0) is 9.84 Å². The zero-order valence-corrected chi connectivity index (χ0v) is 15.1. The molecule has 0 aliphatic carbocycles. The molecule has 23 heavy (non-hydrogen) atoms. The van der Waals surface area contributed by atoms with Gasteiger partial charge in [-0.2, -0.15) is 4.98 Å². The van der Waals surface area contributed by atoms with Crippen molar-refractivity contribution in [1.82, 2.24) is 9.97 Å². The highest BCUT2D eigenvalue weighted by molar-refractivity contribution is 7.99. The summed E-state index contributed by atoms with van der Waals surface area (Å²) in [6.07, 6.45) is 2.76. The van der Waals surface area contributed by atoms with Gasteiger partial charge in [-0.1, -0.05) is 31.7 Å². The van der Waals surface area contributed by atoms with E-state index in [0.29, 0.717) is 9.79 Å². The maximum absolute atomic E-state index is 12.0. The summed E-state index contributed by atoms with van der Waals surface area (Å²) in [7, 11) is -3.30. The fraction of sp³-hybridized carbons (Fsp3) is 0.333. The molecule has 0 spiro atoms. The van der Waals surface area contributed by atoms with Gasteiger partial charge in [0.1, 0.15) is 5.82 Å². The number of nitrogens with two attached hydrogens (primary N) is 2. The van der Waals surface area contributed by atoms with Crippen LogP contribution >= 0.6 is 11.8 Å². The minimum Gasteiger partial charge on any atom is -0.383 e. The van der Waals surface area contributed by atoms with Crippen LogP contribution in [0.15, 0.2) is 33.0 Å². The monoisotopic (exact) mass is 352 g/mol. The van der Waals surface area contributed by atoms with Crippen LogP contribution in [-0.4, -0.2) is 24.6 Å². The molecular formula is C15H20N4O2S2. The van der Waals surface area contributed by atoms with Crippen LogP contribution in [0.4, 0.5) is 11.8 Å². The second-order valence-corrected chi connectivity index (χ2v) is 8.73. The summed E-state index contributed by atoms with van der Waals surface area (Å²) in [5.41, 5.74) is 13.2. The molecule has 2 rings (SSSR count). The minimum atomic E-state index is -3.30. The third kappa shape index (κ3) is 3.94. The number of hydrogen-bond donors (Lipinski definition) is 2. The predicted octanol–water partition coefficient (Wildman–Crippen LogP) is 2.63. The topological polar surface area (TPSA) is 112 Å². The maximum Gasteiger partial charge on any atom is 0.221 e. The Kier molecular flexibility index (Phi) is 4.86. The molecule has 0 bridgehead atoms. The quantitative estimate of drug-likeness (QED) is 0.869. The lowest BCUT2D eigenvalue weighted by Crippen LogP contribution is -2.04. The molecule has 2 aromatic rings. The number of nitrogen functional groups attached to an aromatic ring is 2. The molecule has 0 aliphatic heterocycles. The molecule has 0 saturated heterocycles. The normalized spacial score (nSPS) is 11.9. The number of aromatic nitrogens is 2. The Morgan fingerprint density at radius 3 is 2.35 bits per heavy atom. The van der Waals surface area contributed by atoms with E-state index in [9.17, 15) is 8.42 Å². The zero-order chi connectivity index (χ0) is 17.4. The summed E-state index contributed by atoms with van der Waals surface area (Å²) in [6.45, 7) is 5.92. The highest BCUT2D eigenvalue weighted by Crippen LogP contribution is 2.38. The summed E-state index contributed by atoms with van der Waals surface area (Å²) < 4.78 is 24.0. The predicted molar refractivity (Wildman–Crippen MR) is 93.4 cm³/mol. The lowest BCUT2D eigenvalue weighted by molar-refractivity contribution is 0.601. The molecule has 124 valence electrons. The molecule has 0 saturated carbocycles. The smallest absolute Gasteiger partial charge is 0.221 e. The van der Waals surface area contributed by atoms with E-state index in [1.165, 1.54) is 18.0 Å². The van der Waals surface area contributed by atoms with Gasteiger partial charge in [0.15, 0.2) is 9.84 Å². The van der Waals surface area contributed by atoms with Gasteiger partial charge < -0.3 is 11.5 Å². The van der Waals surface area contributed by atoms with Gasteiger partial charge in [-0.3, -0.25) is 0 Å². The fourth-order valence-corrected chi connectivity index (χ4v) is 4.36. The molecule has 0 unspecified atom stereocenters. The number of anilines is 2. The van der Waals surface area contributed by atoms with E-state index in [-0.39, 0.29) is 17.7 Å². The van der Waals surface area contributed by atoms with Crippen LogP contribution in [0.3, 0.4) is 0 Å². The van der Waals surface area contributed by atoms with Crippen molar-refractivity contribution in [3.8, 4) is 0 Å². The van der Waals surface area contributed by atoms with Gasteiger partial charge in [-0.05, 0) is 30.0 Å². The first kappa shape index (κ1) is 17.6. The molecule has 0 aliphatic rings. The van der Waals surface area contributed by atoms with Crippen LogP contribution in [0.25, 0.3) is 0 Å². The van der Waals surface area contributed by atoms with E-state index in [2.05, 4.69) is 23.8 Å². The second-order valence-electron chi connectivity index (χ2n) is 5.66. The van der Waals surface area contributed by atoms with E-state index in [1.54, 1.807) is 19.2 Å². The van der Waals surface area contributed by atoms with Crippen LogP contribution in [0.2, 0.25) is 0 Å². The summed E-state index contributed by atoms with van der Waals surface area (Å²) in [4.78, 5) is 9.67. The lowest BCUT2D eigenvalue weighted by atomic mass is 10.0. The van der Waals surface area contributed by atoms with E-state index in [0.717, 1.165) is 16.0 Å². The number of hydrogen-bond acceptors (Lipinski definition) is 7. The largest absolute Gasteiger partial charge is 0.383 e. The second kappa shape index (κ2) is 6.37. The Labute approximate surface area is 140 Å². The third-order valence-corrected chi connectivity index (χ3v) is 5.70. The molecule has 1 aromatic heterocycles. The minimum absolute atomic E-state index is 0.108. The number of nitrogens with zero attached hydrogens (tertiary/aromatic N) is 2. The standard InChI is InChI=1S/C15H20N4O2S2/c1-8(2)10-5-9(3)13(23(4,20)21)6-11(10)22-12-7-18-15(17)19-14(12)16/h5-8H,1-4H3,(H4,16,17,18,19). The zero-order valence-electron chi connectivity index (χ0n) is 13.5. The molecule has 0 atom stereocenters. The molecule has 0 amide bonds. The molecule has 0 radical (unpaired) electrons. The van der Waals surface area contributed by atoms with Crippen molar-refractivity contribution in [2.45, 2.75) is 41.4 Å². The Morgan fingerprint density at radius 1 is 1.17 bits per heavy atom. The first-order chi connectivity index (χ1) is 10.6. The van der Waals surface area contributed by atoms with Crippen molar-refractivity contribution in [3.05, 3.63) is 29.5 Å². The molecule has 0 fully saturated rings. The fourth-order valence-electron chi connectivity index (χ4n) is 2.23. The molecule has 8 heteroatoms. The lowest BCUT2D eigenvalue weighted by Gasteiger charge is -2.16. The van der Waals surface area contributed by atoms with E-state index in [1.807, 2.05) is 6.07 Å². The van der Waals surface area contributed by atoms with Crippen molar-refractivity contribution >= 4 is 33.4 Å². The highest BCUT2D eigenvalue weighted by atomic mass is 32.2. The molecule has 4 N–H and O–H groups in total. The Morgan fingerprint density at radius 2 is 1.83 bits per heavy atom. The van der Waals surface area contributed by atoms with E-state index in [4.69, 9.17) is 11.5 Å². The Balaban J connectivity index is 2.59. The Hall–Kier alpha value is -1.80. The summed E-state index contributed by atoms with van der Waals surface area (Å²) in [5.74, 6) is 0.621. The van der Waals surface area contributed by atoms with Crippen molar-refractivity contribution < 1.29 is 8.42 Å². The average Bonchev–Trinajstić information content (AvgIpc) is 2.41. The first-order valence-electron chi connectivity index (χ1n) is 7.00. The summed E-state index contributed by atoms with van der Waals surface area (Å²) in [5, 5.41) is 0. The van der Waals surface area contributed by atoms with Crippen molar-refractivity contribution in [2.24, 2.45) is 0 Å². The highest BCUT2D eigenvalue weighted by Gasteiger charge is 2.18. The maximum atomic E-state index is 12.0. The van der Waals surface area contributed by atoms with Gasteiger partial charge in [0, 0.05) is 17.3 Å². The van der Waals surface area contributed by atoms with Crippen LogP contribution in [0.1, 0.15) is 30.9 Å². The van der Waals surface area contributed by atoms with Gasteiger partial charge >= 0.3 is 0 Å². The van der Waals surface area contributed by atoms with Gasteiger partial charge in [0.2, 0.25) is 5.95 Å². The van der Waals surface area contributed by atoms with E-state index < -0.39 is 9.84 Å². The third-order valence-electron chi connectivity index (χ3n) is 3.35. The number of aryl methyl sites for hydroxylation is 1. The SMILES string of the molecule is Cc1cc(C(C)C)c(Sc2cnc(N)nc2N)cc1S(C)(=O)=O. The molecule has 6 nitrogen and oxygen atoms in total. The number of rotatable bonds is 4. The molecular weight excluding hydrogens is 332 g/mol. The van der Waals surface area contributed by atoms with Crippen LogP contribution in [0, 0.1) is 6.92 Å². The van der Waals surface area contributed by atoms with Crippen molar-refractivity contribution in [1.29, 1.82) is 0 Å². The van der Waals surface area contributed by atoms with Gasteiger partial charge in [0.25, 0.3) is 0 Å². The van der Waals surface area contributed by atoms with Gasteiger partial charge in [-0.15, -0.1) is 0 Å². The van der Waals surface area contributed by atoms with Gasteiger partial charge in [0.05, 0.1) is 9.79 Å². The summed E-state index contributed by atoms with van der Waals surface area (Å²) >= 11 is 1.35. The van der Waals surface area contributed by atoms with Crippen LogP contribution in [0.5, 0.6) is 0 Å². The number of benzene rings is 1. The summed E-state index contributed by atoms with van der Waals surface area (Å²) in [6, 6.07) is 3.61. The van der Waals surface area contributed by atoms with E-state index >= 15 is 0 Å².